The number of hydrogen-bond acceptors (Lipinski definition) is 1. The lowest BCUT2D eigenvalue weighted by Gasteiger charge is -2.28. The summed E-state index contributed by atoms with van der Waals surface area (Å²) in [6.45, 7) is 6.57. The van der Waals surface area contributed by atoms with Gasteiger partial charge in [0.1, 0.15) is 11.6 Å². The van der Waals surface area contributed by atoms with Gasteiger partial charge in [-0.15, -0.1) is 0 Å². The van der Waals surface area contributed by atoms with Gasteiger partial charge in [0.05, 0.1) is 0 Å². The number of halogens is 2. The van der Waals surface area contributed by atoms with Crippen molar-refractivity contribution < 1.29 is 8.78 Å². The highest BCUT2D eigenvalue weighted by atomic mass is 19.1. The van der Waals surface area contributed by atoms with Crippen molar-refractivity contribution in [2.75, 3.05) is 6.54 Å². The van der Waals surface area contributed by atoms with E-state index in [-0.39, 0.29) is 0 Å². The third-order valence-electron chi connectivity index (χ3n) is 2.65. The fourth-order valence-corrected chi connectivity index (χ4v) is 1.91. The van der Waals surface area contributed by atoms with Crippen LogP contribution in [0.5, 0.6) is 0 Å². The molecular weight excluding hydrogens is 220 g/mol. The Hall–Kier alpha value is -1.90. The largest absolute Gasteiger partial charge is 0.342 e. The highest BCUT2D eigenvalue weighted by Gasteiger charge is 2.15. The quantitative estimate of drug-likeness (QED) is 0.752. The monoisotopic (exact) mass is 233 g/mol. The molecule has 1 aromatic rings. The fraction of sp³-hybridized carbons (Fsp3) is 0.143. The zero-order valence-corrected chi connectivity index (χ0v) is 9.58. The maximum absolute atomic E-state index is 13.2. The van der Waals surface area contributed by atoms with E-state index in [1.54, 1.807) is 0 Å². The molecule has 17 heavy (non-hydrogen) atoms. The molecule has 0 atom stereocenters. The van der Waals surface area contributed by atoms with Crippen LogP contribution in [0.4, 0.5) is 8.78 Å². The second kappa shape index (κ2) is 4.53. The maximum atomic E-state index is 13.2. The van der Waals surface area contributed by atoms with Gasteiger partial charge >= 0.3 is 0 Å². The van der Waals surface area contributed by atoms with Crippen molar-refractivity contribution in [1.29, 1.82) is 0 Å². The topological polar surface area (TPSA) is 3.24 Å². The van der Waals surface area contributed by atoms with E-state index in [2.05, 4.69) is 6.58 Å². The minimum atomic E-state index is -0.572. The minimum absolute atomic E-state index is 0.523. The summed E-state index contributed by atoms with van der Waals surface area (Å²) in [5.41, 5.74) is 2.10. The van der Waals surface area contributed by atoms with E-state index in [1.807, 2.05) is 30.1 Å². The predicted molar refractivity (Wildman–Crippen MR) is 65.0 cm³/mol. The normalized spacial score (nSPS) is 15.1. The van der Waals surface area contributed by atoms with Crippen LogP contribution in [0, 0.1) is 11.6 Å². The van der Waals surface area contributed by atoms with E-state index >= 15 is 0 Å². The van der Waals surface area contributed by atoms with Gasteiger partial charge in [0.2, 0.25) is 0 Å². The molecule has 0 amide bonds. The lowest BCUT2D eigenvalue weighted by Crippen LogP contribution is -2.21. The Bertz CT molecular complexity index is 495. The van der Waals surface area contributed by atoms with Crippen LogP contribution in [-0.4, -0.2) is 11.4 Å². The van der Waals surface area contributed by atoms with E-state index < -0.39 is 11.6 Å². The Labute approximate surface area is 99.4 Å². The number of benzene rings is 1. The van der Waals surface area contributed by atoms with Crippen LogP contribution in [0.25, 0.3) is 5.70 Å². The summed E-state index contributed by atoms with van der Waals surface area (Å²) in [5, 5.41) is 0. The molecule has 88 valence electrons. The van der Waals surface area contributed by atoms with E-state index in [0.29, 0.717) is 12.1 Å². The van der Waals surface area contributed by atoms with Gasteiger partial charge in [-0.2, -0.15) is 0 Å². The summed E-state index contributed by atoms with van der Waals surface area (Å²) in [7, 11) is 0. The summed E-state index contributed by atoms with van der Waals surface area (Å²) >= 11 is 0. The summed E-state index contributed by atoms with van der Waals surface area (Å²) < 4.78 is 26.4. The molecule has 0 radical (unpaired) electrons. The zero-order valence-electron chi connectivity index (χ0n) is 9.58. The van der Waals surface area contributed by atoms with Gasteiger partial charge in [0.15, 0.2) is 0 Å². The first kappa shape index (κ1) is 11.6. The molecule has 3 heteroatoms. The molecule has 0 saturated carbocycles. The standard InChI is InChI=1S/C14H13F2N/c1-3-17-10(2)5-4-6-14(17)11-7-12(15)9-13(16)8-11/h4-9H,2-3H2,1H3. The van der Waals surface area contributed by atoms with E-state index in [0.717, 1.165) is 17.5 Å². The van der Waals surface area contributed by atoms with Crippen LogP contribution < -0.4 is 0 Å². The number of hydrogen-bond donors (Lipinski definition) is 0. The smallest absolute Gasteiger partial charge is 0.126 e. The third kappa shape index (κ3) is 2.28. The van der Waals surface area contributed by atoms with Gasteiger partial charge in [-0.3, -0.25) is 0 Å². The molecule has 0 aromatic heterocycles. The number of rotatable bonds is 2. The van der Waals surface area contributed by atoms with Gasteiger partial charge < -0.3 is 4.90 Å². The van der Waals surface area contributed by atoms with Gasteiger partial charge in [-0.25, -0.2) is 8.78 Å². The molecular formula is C14H13F2N. The summed E-state index contributed by atoms with van der Waals surface area (Å²) in [4.78, 5) is 1.91. The lowest BCUT2D eigenvalue weighted by molar-refractivity contribution is 0.527. The first-order valence-corrected chi connectivity index (χ1v) is 5.43. The predicted octanol–water partition coefficient (Wildman–Crippen LogP) is 3.71. The Morgan fingerprint density at radius 3 is 2.41 bits per heavy atom. The van der Waals surface area contributed by atoms with Crippen molar-refractivity contribution in [2.24, 2.45) is 0 Å². The molecule has 0 saturated heterocycles. The molecule has 0 spiro atoms. The van der Waals surface area contributed by atoms with Crippen LogP contribution in [0.1, 0.15) is 12.5 Å². The number of nitrogens with zero attached hydrogens (tertiary/aromatic N) is 1. The Balaban J connectivity index is 2.47. The van der Waals surface area contributed by atoms with Crippen molar-refractivity contribution in [3.8, 4) is 0 Å². The highest BCUT2D eigenvalue weighted by Crippen LogP contribution is 2.27. The molecule has 1 heterocycles. The SMILES string of the molecule is C=C1C=CC=C(c2cc(F)cc(F)c2)N1CC. The van der Waals surface area contributed by atoms with Gasteiger partial charge in [0, 0.05) is 29.6 Å². The molecule has 0 aliphatic carbocycles. The van der Waals surface area contributed by atoms with Crippen molar-refractivity contribution in [3.63, 3.8) is 0 Å². The minimum Gasteiger partial charge on any atom is -0.342 e. The molecule has 1 aliphatic rings. The first-order chi connectivity index (χ1) is 8.11. The van der Waals surface area contributed by atoms with Crippen LogP contribution in [0.3, 0.4) is 0 Å². The molecule has 2 rings (SSSR count). The van der Waals surface area contributed by atoms with Crippen LogP contribution in [-0.2, 0) is 0 Å². The van der Waals surface area contributed by atoms with Gasteiger partial charge in [-0.1, -0.05) is 12.7 Å². The number of likely N-dealkylation sites (N-methyl/N-ethyl adjacent to an activating group) is 1. The maximum Gasteiger partial charge on any atom is 0.126 e. The molecule has 0 fully saturated rings. The molecule has 0 N–H and O–H groups in total. The Morgan fingerprint density at radius 1 is 1.18 bits per heavy atom. The summed E-state index contributed by atoms with van der Waals surface area (Å²) in [6.07, 6.45) is 5.52. The molecule has 0 bridgehead atoms. The Morgan fingerprint density at radius 2 is 1.82 bits per heavy atom. The van der Waals surface area contributed by atoms with Gasteiger partial charge in [0.25, 0.3) is 0 Å². The average Bonchev–Trinajstić information content (AvgIpc) is 2.27. The molecule has 1 nitrogen and oxygen atoms in total. The molecule has 1 aliphatic heterocycles. The lowest BCUT2D eigenvalue weighted by atomic mass is 10.1. The van der Waals surface area contributed by atoms with E-state index in [4.69, 9.17) is 0 Å². The molecule has 0 unspecified atom stereocenters. The fourth-order valence-electron chi connectivity index (χ4n) is 1.91. The number of allylic oxidation sites excluding steroid dienone is 3. The van der Waals surface area contributed by atoms with Crippen LogP contribution in [0.2, 0.25) is 0 Å². The van der Waals surface area contributed by atoms with Crippen LogP contribution in [0.15, 0.2) is 48.7 Å². The van der Waals surface area contributed by atoms with Gasteiger partial charge in [-0.05, 0) is 31.2 Å². The van der Waals surface area contributed by atoms with E-state index in [1.165, 1.54) is 12.1 Å². The summed E-state index contributed by atoms with van der Waals surface area (Å²) in [6, 6.07) is 3.52. The van der Waals surface area contributed by atoms with Crippen molar-refractivity contribution >= 4 is 5.70 Å². The Kier molecular flexibility index (Phi) is 3.09. The molecule has 1 aromatic carbocycles. The van der Waals surface area contributed by atoms with Crippen LogP contribution >= 0.6 is 0 Å². The third-order valence-corrected chi connectivity index (χ3v) is 2.65. The van der Waals surface area contributed by atoms with Crippen molar-refractivity contribution in [2.45, 2.75) is 6.92 Å². The highest BCUT2D eigenvalue weighted by molar-refractivity contribution is 5.69. The first-order valence-electron chi connectivity index (χ1n) is 5.43. The average molecular weight is 233 g/mol. The van der Waals surface area contributed by atoms with Crippen molar-refractivity contribution in [1.82, 2.24) is 4.90 Å². The van der Waals surface area contributed by atoms with Crippen molar-refractivity contribution in [3.05, 3.63) is 65.9 Å². The van der Waals surface area contributed by atoms with E-state index in [9.17, 15) is 8.78 Å². The second-order valence-corrected chi connectivity index (χ2v) is 3.80. The zero-order chi connectivity index (χ0) is 12.4. The second-order valence-electron chi connectivity index (χ2n) is 3.80. The summed E-state index contributed by atoms with van der Waals surface area (Å²) in [5.74, 6) is -1.14.